The molecule has 2 rings (SSSR count). The number of hydrogen-bond acceptors (Lipinski definition) is 2. The number of aliphatic hydroxyl groups excluding tert-OH is 1. The first kappa shape index (κ1) is 14.5. The van der Waals surface area contributed by atoms with Gasteiger partial charge in [0.2, 0.25) is 0 Å². The van der Waals surface area contributed by atoms with Gasteiger partial charge in [0.1, 0.15) is 11.6 Å². The molecule has 1 N–H and O–H groups in total. The highest BCUT2D eigenvalue weighted by Gasteiger charge is 2.34. The van der Waals surface area contributed by atoms with Gasteiger partial charge in [0.25, 0.3) is 0 Å². The predicted molar refractivity (Wildman–Crippen MR) is 64.2 cm³/mol. The highest BCUT2D eigenvalue weighted by molar-refractivity contribution is 5.58. The van der Waals surface area contributed by atoms with Crippen molar-refractivity contribution in [2.75, 3.05) is 0 Å². The van der Waals surface area contributed by atoms with Gasteiger partial charge in [-0.05, 0) is 24.6 Å². The smallest absolute Gasteiger partial charge is 0.389 e. The number of rotatable bonds is 2. The molecule has 0 bridgehead atoms. The zero-order valence-electron chi connectivity index (χ0n) is 10.7. The molecule has 0 saturated carbocycles. The van der Waals surface area contributed by atoms with E-state index in [1.165, 1.54) is 26.1 Å². The third kappa shape index (κ3) is 2.67. The molecule has 0 aliphatic carbocycles. The summed E-state index contributed by atoms with van der Waals surface area (Å²) >= 11 is 0. The second-order valence-electron chi connectivity index (χ2n) is 4.47. The van der Waals surface area contributed by atoms with Crippen molar-refractivity contribution in [1.29, 1.82) is 0 Å². The fourth-order valence-corrected chi connectivity index (χ4v) is 1.83. The van der Waals surface area contributed by atoms with E-state index in [2.05, 4.69) is 4.98 Å². The van der Waals surface area contributed by atoms with E-state index in [4.69, 9.17) is 0 Å². The van der Waals surface area contributed by atoms with E-state index in [1.807, 2.05) is 0 Å². The second-order valence-corrected chi connectivity index (χ2v) is 4.47. The first-order chi connectivity index (χ1) is 9.20. The van der Waals surface area contributed by atoms with Gasteiger partial charge in [-0.1, -0.05) is 6.07 Å². The molecule has 1 heterocycles. The molecular weight excluding hydrogens is 276 g/mol. The third-order valence-corrected chi connectivity index (χ3v) is 2.88. The first-order valence-corrected chi connectivity index (χ1v) is 5.78. The lowest BCUT2D eigenvalue weighted by Crippen LogP contribution is -2.05. The maximum atomic E-state index is 13.9. The van der Waals surface area contributed by atoms with Crippen LogP contribution in [0.1, 0.15) is 24.3 Å². The van der Waals surface area contributed by atoms with Crippen LogP contribution < -0.4 is 0 Å². The molecule has 0 radical (unpaired) electrons. The van der Waals surface area contributed by atoms with E-state index >= 15 is 0 Å². The van der Waals surface area contributed by atoms with Crippen LogP contribution in [0.4, 0.5) is 17.6 Å². The Balaban J connectivity index is 2.50. The quantitative estimate of drug-likeness (QED) is 0.861. The SMILES string of the molecule is C[C@H](O)c1ccc(-c2nc(C(F)(F)F)cn2C)c(F)c1. The van der Waals surface area contributed by atoms with E-state index in [0.29, 0.717) is 5.56 Å². The van der Waals surface area contributed by atoms with E-state index in [0.717, 1.165) is 16.8 Å². The van der Waals surface area contributed by atoms with Gasteiger partial charge in [0.15, 0.2) is 5.69 Å². The number of halogens is 4. The van der Waals surface area contributed by atoms with Crippen molar-refractivity contribution < 1.29 is 22.7 Å². The van der Waals surface area contributed by atoms with Crippen molar-refractivity contribution in [3.05, 3.63) is 41.5 Å². The lowest BCUT2D eigenvalue weighted by Gasteiger charge is -2.08. The van der Waals surface area contributed by atoms with Crippen LogP contribution >= 0.6 is 0 Å². The van der Waals surface area contributed by atoms with Crippen LogP contribution in [0.25, 0.3) is 11.4 Å². The van der Waals surface area contributed by atoms with Crippen molar-refractivity contribution in [2.45, 2.75) is 19.2 Å². The largest absolute Gasteiger partial charge is 0.434 e. The molecule has 0 saturated heterocycles. The second kappa shape index (κ2) is 4.90. The molecule has 1 aromatic heterocycles. The number of hydrogen-bond donors (Lipinski definition) is 1. The number of aromatic nitrogens is 2. The van der Waals surface area contributed by atoms with Gasteiger partial charge < -0.3 is 9.67 Å². The Morgan fingerprint density at radius 3 is 2.40 bits per heavy atom. The summed E-state index contributed by atoms with van der Waals surface area (Å²) < 4.78 is 52.7. The fraction of sp³-hybridized carbons (Fsp3) is 0.308. The highest BCUT2D eigenvalue weighted by Crippen LogP contribution is 2.31. The van der Waals surface area contributed by atoms with Crippen molar-refractivity contribution in [3.8, 4) is 11.4 Å². The molecule has 1 atom stereocenters. The van der Waals surface area contributed by atoms with Gasteiger partial charge >= 0.3 is 6.18 Å². The summed E-state index contributed by atoms with van der Waals surface area (Å²) in [7, 11) is 1.36. The Bertz CT molecular complexity index is 632. The van der Waals surface area contributed by atoms with Crippen LogP contribution in [-0.2, 0) is 13.2 Å². The van der Waals surface area contributed by atoms with Gasteiger partial charge in [-0.2, -0.15) is 13.2 Å². The zero-order chi connectivity index (χ0) is 15.1. The molecule has 7 heteroatoms. The normalized spacial score (nSPS) is 13.6. The summed E-state index contributed by atoms with van der Waals surface area (Å²) in [6.45, 7) is 1.47. The van der Waals surface area contributed by atoms with E-state index in [-0.39, 0.29) is 11.4 Å². The Morgan fingerprint density at radius 2 is 1.95 bits per heavy atom. The molecule has 1 aromatic carbocycles. The van der Waals surface area contributed by atoms with E-state index in [1.54, 1.807) is 0 Å². The number of imidazole rings is 1. The van der Waals surface area contributed by atoms with E-state index < -0.39 is 23.8 Å². The van der Waals surface area contributed by atoms with Crippen molar-refractivity contribution in [3.63, 3.8) is 0 Å². The van der Waals surface area contributed by atoms with Gasteiger partial charge in [0.05, 0.1) is 11.7 Å². The van der Waals surface area contributed by atoms with Gasteiger partial charge in [-0.25, -0.2) is 9.37 Å². The van der Waals surface area contributed by atoms with E-state index in [9.17, 15) is 22.7 Å². The number of benzene rings is 1. The summed E-state index contributed by atoms with van der Waals surface area (Å²) in [5.41, 5.74) is -0.780. The van der Waals surface area contributed by atoms with Gasteiger partial charge in [0, 0.05) is 13.2 Å². The summed E-state index contributed by atoms with van der Waals surface area (Å²) in [6.07, 6.45) is -4.63. The minimum Gasteiger partial charge on any atom is -0.389 e. The standard InChI is InChI=1S/C13H12F4N2O/c1-7(20)8-3-4-9(10(14)5-8)12-18-11(6-19(12)2)13(15,16)17/h3-7,20H,1-2H3/t7-/m0/s1. The topological polar surface area (TPSA) is 38.1 Å². The lowest BCUT2D eigenvalue weighted by molar-refractivity contribution is -0.140. The molecule has 2 aromatic rings. The molecular formula is C13H12F4N2O. The average Bonchev–Trinajstić information content (AvgIpc) is 2.71. The molecule has 0 unspecified atom stereocenters. The Hall–Kier alpha value is -1.89. The minimum atomic E-state index is -4.58. The summed E-state index contributed by atoms with van der Waals surface area (Å²) in [6, 6.07) is 3.84. The lowest BCUT2D eigenvalue weighted by atomic mass is 10.1. The van der Waals surface area contributed by atoms with Crippen molar-refractivity contribution >= 4 is 0 Å². The first-order valence-electron chi connectivity index (χ1n) is 5.78. The number of aliphatic hydroxyl groups is 1. The Morgan fingerprint density at radius 1 is 1.30 bits per heavy atom. The van der Waals surface area contributed by atoms with Gasteiger partial charge in [-0.3, -0.25) is 0 Å². The molecule has 0 amide bonds. The molecule has 20 heavy (non-hydrogen) atoms. The van der Waals surface area contributed by atoms with Crippen LogP contribution in [0.3, 0.4) is 0 Å². The van der Waals surface area contributed by atoms with Crippen LogP contribution in [0.15, 0.2) is 24.4 Å². The van der Waals surface area contributed by atoms with Crippen molar-refractivity contribution in [1.82, 2.24) is 9.55 Å². The average molecular weight is 288 g/mol. The van der Waals surface area contributed by atoms with Crippen LogP contribution in [0.2, 0.25) is 0 Å². The molecule has 3 nitrogen and oxygen atoms in total. The Kier molecular flexibility index (Phi) is 3.56. The summed E-state index contributed by atoms with van der Waals surface area (Å²) in [5, 5.41) is 9.34. The third-order valence-electron chi connectivity index (χ3n) is 2.88. The van der Waals surface area contributed by atoms with Crippen LogP contribution in [0, 0.1) is 5.82 Å². The van der Waals surface area contributed by atoms with Gasteiger partial charge in [-0.15, -0.1) is 0 Å². The number of nitrogens with zero attached hydrogens (tertiary/aromatic N) is 2. The highest BCUT2D eigenvalue weighted by atomic mass is 19.4. The van der Waals surface area contributed by atoms with Crippen molar-refractivity contribution in [2.24, 2.45) is 7.05 Å². The predicted octanol–water partition coefficient (Wildman–Crippen LogP) is 3.30. The maximum Gasteiger partial charge on any atom is 0.434 e. The maximum absolute atomic E-state index is 13.9. The number of aryl methyl sites for hydroxylation is 1. The molecule has 108 valence electrons. The summed E-state index contributed by atoms with van der Waals surface area (Å²) in [4.78, 5) is 3.42. The van der Waals surface area contributed by atoms with Crippen LogP contribution in [0.5, 0.6) is 0 Å². The number of alkyl halides is 3. The monoisotopic (exact) mass is 288 g/mol. The summed E-state index contributed by atoms with van der Waals surface area (Å²) in [5.74, 6) is -0.849. The molecule has 0 spiro atoms. The molecule has 0 fully saturated rings. The molecule has 0 aliphatic heterocycles. The fourth-order valence-electron chi connectivity index (χ4n) is 1.83. The van der Waals surface area contributed by atoms with Crippen LogP contribution in [-0.4, -0.2) is 14.7 Å². The molecule has 0 aliphatic rings. The Labute approximate surface area is 112 Å². The minimum absolute atomic E-state index is 0.0487. The zero-order valence-corrected chi connectivity index (χ0v) is 10.7.